The number of nitrogens with one attached hydrogen (secondary N) is 2. The Bertz CT molecular complexity index is 2370. The highest BCUT2D eigenvalue weighted by atomic mass is 31.3. The van der Waals surface area contributed by atoms with E-state index in [-0.39, 0.29) is 63.3 Å². The van der Waals surface area contributed by atoms with E-state index in [0.717, 1.165) is 0 Å². The Morgan fingerprint density at radius 1 is 1.11 bits per heavy atom. The normalized spacial score (nSPS) is 18.4. The Morgan fingerprint density at radius 2 is 1.89 bits per heavy atom. The lowest BCUT2D eigenvalue weighted by molar-refractivity contribution is -0.126. The molecule has 0 radical (unpaired) electrons. The largest absolute Gasteiger partial charge is 0.491 e. The Balaban J connectivity index is 1.21. The fraction of sp³-hybridized carbons (Fsp3) is 0.500. The number of methoxy groups -OCH3 is 1. The highest BCUT2D eigenvalue weighted by molar-refractivity contribution is 7.66. The van der Waals surface area contributed by atoms with Gasteiger partial charge in [0, 0.05) is 56.1 Å². The lowest BCUT2D eigenvalue weighted by Crippen LogP contribution is -2.29. The van der Waals surface area contributed by atoms with E-state index in [0.29, 0.717) is 47.3 Å². The topological polar surface area (TPSA) is 387 Å². The number of carbonyl (C=O) groups excluding carboxylic acids is 3. The van der Waals surface area contributed by atoms with Gasteiger partial charge in [-0.25, -0.2) is 23.7 Å². The molecule has 0 saturated carbocycles. The number of anilines is 1. The first-order chi connectivity index (χ1) is 30.3. The maximum absolute atomic E-state index is 12.4. The first kappa shape index (κ1) is 51.8. The van der Waals surface area contributed by atoms with E-state index in [9.17, 15) is 37.9 Å². The number of phosphoric acid groups is 3. The van der Waals surface area contributed by atoms with Crippen molar-refractivity contribution in [3.8, 4) is 17.6 Å². The number of azide groups is 1. The van der Waals surface area contributed by atoms with Gasteiger partial charge in [0.25, 0.3) is 5.91 Å². The average molecular weight is 962 g/mol. The smallest absolute Gasteiger partial charge is 0.490 e. The van der Waals surface area contributed by atoms with Crippen molar-refractivity contribution in [2.75, 3.05) is 59.0 Å². The predicted molar refractivity (Wildman–Crippen MR) is 219 cm³/mol. The molecule has 8 N–H and O–H groups in total. The highest BCUT2D eigenvalue weighted by Crippen LogP contribution is 2.66. The van der Waals surface area contributed by atoms with Crippen molar-refractivity contribution in [3.63, 3.8) is 0 Å². The van der Waals surface area contributed by atoms with Crippen LogP contribution >= 0.6 is 23.5 Å². The molecule has 6 unspecified atom stereocenters. The third-order valence-electron chi connectivity index (χ3n) is 8.48. The van der Waals surface area contributed by atoms with Gasteiger partial charge >= 0.3 is 23.5 Å². The first-order valence-corrected chi connectivity index (χ1v) is 23.4. The number of aromatic nitrogens is 3. The Kier molecular flexibility index (Phi) is 19.8. The number of nitrogens with zero attached hydrogens (tertiary/aromatic N) is 6. The molecule has 4 rings (SSSR count). The molecule has 30 heteroatoms. The molecule has 3 aromatic rings. The minimum atomic E-state index is -5.73. The van der Waals surface area contributed by atoms with Crippen LogP contribution in [0.1, 0.15) is 54.8 Å². The van der Waals surface area contributed by atoms with E-state index in [2.05, 4.69) is 51.1 Å². The van der Waals surface area contributed by atoms with Crippen LogP contribution in [0.15, 0.2) is 41.9 Å². The van der Waals surface area contributed by atoms with E-state index < -0.39 is 60.6 Å². The predicted octanol–water partition coefficient (Wildman–Crippen LogP) is 2.36. The van der Waals surface area contributed by atoms with Crippen molar-refractivity contribution in [3.05, 3.63) is 58.4 Å². The number of benzene rings is 1. The van der Waals surface area contributed by atoms with E-state index in [1.54, 1.807) is 29.0 Å². The number of ketones is 1. The van der Waals surface area contributed by atoms with Crippen LogP contribution < -0.4 is 21.1 Å². The molecule has 64 heavy (non-hydrogen) atoms. The number of nitrogens with two attached hydrogens (primary N) is 1. The second kappa shape index (κ2) is 24.5. The summed E-state index contributed by atoms with van der Waals surface area (Å²) in [6, 6.07) is 6.34. The highest BCUT2D eigenvalue weighted by Gasteiger charge is 2.43. The monoisotopic (exact) mass is 961 g/mol. The molecule has 0 aliphatic carbocycles. The van der Waals surface area contributed by atoms with Crippen molar-refractivity contribution in [1.82, 2.24) is 25.2 Å². The van der Waals surface area contributed by atoms with Gasteiger partial charge in [0.2, 0.25) is 5.91 Å². The van der Waals surface area contributed by atoms with E-state index >= 15 is 0 Å². The number of hydrogen-bond acceptors (Lipinski definition) is 18. The summed E-state index contributed by atoms with van der Waals surface area (Å²) in [5.74, 6) is 5.58. The second-order valence-electron chi connectivity index (χ2n) is 13.3. The summed E-state index contributed by atoms with van der Waals surface area (Å²) in [4.78, 5) is 83.7. The van der Waals surface area contributed by atoms with Crippen molar-refractivity contribution in [2.45, 2.75) is 57.3 Å². The standard InChI is InChI=1S/C34H46N9O18P3/c1-22(44)7-6-12-38-34(46)23-9-5-10-25(15-23)57-20-29(41-42-36)56-14-13-55-19-28(45)37-11-4-3-8-24-17-43(33-31(24)32(35)39-21-40-33)30-16-26(54-2)27(59-30)18-58-63(50,51)61-64(52,53)60-62(47,48)49/h5,9-10,15,17,21,26-27,29-30H,4,6-7,11-14,16,18-20H2,1-2H3,(H,37,45)(H,38,46)(H,50,51)(H,52,53)(H2,35,39,40)(H2,47,48,49). The molecule has 0 spiro atoms. The fourth-order valence-corrected chi connectivity index (χ4v) is 8.78. The number of carbonyl (C=O) groups is 3. The molecule has 3 heterocycles. The van der Waals surface area contributed by atoms with Gasteiger partial charge in [-0.05, 0) is 37.1 Å². The number of amides is 2. The van der Waals surface area contributed by atoms with Crippen molar-refractivity contribution in [1.29, 1.82) is 0 Å². The van der Waals surface area contributed by atoms with Gasteiger partial charge in [-0.15, -0.1) is 0 Å². The number of ether oxygens (including phenoxy) is 5. The number of nitrogen functional groups attached to an aromatic ring is 1. The van der Waals surface area contributed by atoms with Crippen LogP contribution in [-0.4, -0.2) is 123 Å². The zero-order valence-electron chi connectivity index (χ0n) is 34.2. The molecule has 350 valence electrons. The molecule has 1 aromatic carbocycles. The van der Waals surface area contributed by atoms with Gasteiger partial charge in [0.05, 0.1) is 36.9 Å². The molecular formula is C34H46N9O18P3. The summed E-state index contributed by atoms with van der Waals surface area (Å²) in [5, 5.41) is 9.32. The summed E-state index contributed by atoms with van der Waals surface area (Å²) < 4.78 is 76.6. The van der Waals surface area contributed by atoms with Crippen LogP contribution in [0, 0.1) is 11.8 Å². The average Bonchev–Trinajstić information content (AvgIpc) is 3.81. The molecule has 1 fully saturated rings. The van der Waals surface area contributed by atoms with Crippen molar-refractivity contribution >= 4 is 57.9 Å². The molecule has 2 aromatic heterocycles. The number of Topliss-reactive ketones (excluding diaryl/α,β-unsaturated/α-hetero) is 1. The van der Waals surface area contributed by atoms with Gasteiger partial charge in [-0.1, -0.05) is 23.0 Å². The second-order valence-corrected chi connectivity index (χ2v) is 17.7. The van der Waals surface area contributed by atoms with Gasteiger partial charge < -0.3 is 69.0 Å². The minimum Gasteiger partial charge on any atom is -0.491 e. The number of phosphoric ester groups is 1. The molecule has 0 bridgehead atoms. The van der Waals surface area contributed by atoms with E-state index in [1.165, 1.54) is 26.4 Å². The molecule has 6 atom stereocenters. The summed E-state index contributed by atoms with van der Waals surface area (Å²) in [5.41, 5.74) is 16.2. The number of fused-ring (bicyclic) bond motifs is 1. The van der Waals surface area contributed by atoms with Crippen LogP contribution in [0.3, 0.4) is 0 Å². The minimum absolute atomic E-state index is 0.0259. The van der Waals surface area contributed by atoms with Crippen molar-refractivity contribution in [2.24, 2.45) is 5.11 Å². The molecule has 1 aliphatic rings. The fourth-order valence-electron chi connectivity index (χ4n) is 5.75. The van der Waals surface area contributed by atoms with E-state index in [1.807, 2.05) is 0 Å². The number of rotatable bonds is 26. The van der Waals surface area contributed by atoms with Crippen LogP contribution in [-0.2, 0) is 55.4 Å². The molecule has 1 saturated heterocycles. The quantitative estimate of drug-likeness (QED) is 0.0152. The summed E-state index contributed by atoms with van der Waals surface area (Å²) in [6.45, 7) is 0.668. The van der Waals surface area contributed by atoms with Gasteiger partial charge in [0.15, 0.2) is 6.23 Å². The maximum atomic E-state index is 12.4. The van der Waals surface area contributed by atoms with Crippen LogP contribution in [0.5, 0.6) is 5.75 Å². The lowest BCUT2D eigenvalue weighted by atomic mass is 10.2. The van der Waals surface area contributed by atoms with E-state index in [4.69, 9.17) is 49.3 Å². The summed E-state index contributed by atoms with van der Waals surface area (Å²) in [7, 11) is -15.4. The van der Waals surface area contributed by atoms with Crippen LogP contribution in [0.2, 0.25) is 0 Å². The lowest BCUT2D eigenvalue weighted by Gasteiger charge is -2.20. The summed E-state index contributed by atoms with van der Waals surface area (Å²) in [6.07, 6.45) is 0.293. The molecule has 27 nitrogen and oxygen atoms in total. The molecule has 1 aliphatic heterocycles. The zero-order valence-corrected chi connectivity index (χ0v) is 36.8. The van der Waals surface area contributed by atoms with Crippen LogP contribution in [0.4, 0.5) is 5.82 Å². The molecular weight excluding hydrogens is 915 g/mol. The SMILES string of the molecule is COC1CC(n2cc(C#CCCNC(=O)COCCOC(COc3cccc(C(=O)NCCCC(C)=O)c3)N=[N+]=[N-])c3c(N)ncnc32)OC1COP(=O)(O)OP(=O)(O)OP(=O)(O)O. The number of hydrogen-bond donors (Lipinski definition) is 7. The third kappa shape index (κ3) is 17.3. The van der Waals surface area contributed by atoms with Gasteiger partial charge in [-0.3, -0.25) is 14.1 Å². The zero-order chi connectivity index (χ0) is 46.9. The Labute approximate surface area is 364 Å². The Morgan fingerprint density at radius 3 is 2.61 bits per heavy atom. The van der Waals surface area contributed by atoms with Gasteiger partial charge in [-0.2, -0.15) is 8.62 Å². The van der Waals surface area contributed by atoms with Crippen LogP contribution in [0.25, 0.3) is 21.5 Å². The first-order valence-electron chi connectivity index (χ1n) is 18.9. The van der Waals surface area contributed by atoms with Crippen molar-refractivity contribution < 1.29 is 84.5 Å². The molecule has 2 amide bonds. The maximum Gasteiger partial charge on any atom is 0.490 e. The van der Waals surface area contributed by atoms with Gasteiger partial charge in [0.1, 0.15) is 54.9 Å². The summed E-state index contributed by atoms with van der Waals surface area (Å²) >= 11 is 0. The Hall–Kier alpha value is -4.83. The third-order valence-corrected chi connectivity index (χ3v) is 12.3.